The summed E-state index contributed by atoms with van der Waals surface area (Å²) in [4.78, 5) is 2.48. The van der Waals surface area contributed by atoms with Crippen LogP contribution in [0.2, 0.25) is 0 Å². The predicted molar refractivity (Wildman–Crippen MR) is 60.1 cm³/mol. The van der Waals surface area contributed by atoms with Gasteiger partial charge in [0.2, 0.25) is 5.13 Å². The zero-order chi connectivity index (χ0) is 11.6. The first-order chi connectivity index (χ1) is 7.58. The fourth-order valence-corrected chi connectivity index (χ4v) is 3.42. The molecule has 0 spiro atoms. The summed E-state index contributed by atoms with van der Waals surface area (Å²) in [5.41, 5.74) is 5.35. The number of nitrogens with two attached hydrogens (primary N) is 1. The Bertz CT molecular complexity index is 451. The molecular formula is C7H13N5O2S2. The molecule has 1 aromatic heterocycles. The van der Waals surface area contributed by atoms with Gasteiger partial charge in [-0.1, -0.05) is 17.8 Å². The number of rotatable bonds is 3. The second kappa shape index (κ2) is 4.62. The van der Waals surface area contributed by atoms with Gasteiger partial charge in [0.15, 0.2) is 0 Å². The number of aromatic nitrogens is 2. The van der Waals surface area contributed by atoms with Crippen LogP contribution in [0.3, 0.4) is 0 Å². The molecule has 1 aromatic rings. The molecule has 0 saturated carbocycles. The smallest absolute Gasteiger partial charge is 0.282 e. The van der Waals surface area contributed by atoms with E-state index < -0.39 is 10.0 Å². The second-order valence-electron chi connectivity index (χ2n) is 3.55. The molecule has 9 heteroatoms. The lowest BCUT2D eigenvalue weighted by Crippen LogP contribution is -2.44. The third-order valence-electron chi connectivity index (χ3n) is 2.26. The van der Waals surface area contributed by atoms with Crippen LogP contribution in [0.4, 0.5) is 5.13 Å². The molecule has 0 radical (unpaired) electrons. The van der Waals surface area contributed by atoms with Crippen molar-refractivity contribution in [3.05, 3.63) is 0 Å². The van der Waals surface area contributed by atoms with E-state index in [0.717, 1.165) is 43.7 Å². The summed E-state index contributed by atoms with van der Waals surface area (Å²) in [6.07, 6.45) is 3.14. The van der Waals surface area contributed by atoms with Gasteiger partial charge in [-0.25, -0.2) is 13.4 Å². The largest absolute Gasteiger partial charge is 0.374 e. The molecule has 1 aliphatic heterocycles. The van der Waals surface area contributed by atoms with Crippen molar-refractivity contribution in [1.82, 2.24) is 20.0 Å². The molecule has 90 valence electrons. The molecule has 0 aromatic carbocycles. The van der Waals surface area contributed by atoms with Crippen LogP contribution < -0.4 is 10.6 Å². The summed E-state index contributed by atoms with van der Waals surface area (Å²) in [6, 6.07) is 0. The van der Waals surface area contributed by atoms with Crippen LogP contribution in [0.5, 0.6) is 0 Å². The Morgan fingerprint density at radius 3 is 2.50 bits per heavy atom. The molecule has 16 heavy (non-hydrogen) atoms. The van der Waals surface area contributed by atoms with Gasteiger partial charge in [-0.05, 0) is 12.8 Å². The Morgan fingerprint density at radius 1 is 1.25 bits per heavy atom. The first-order valence-electron chi connectivity index (χ1n) is 4.94. The molecule has 7 nitrogen and oxygen atoms in total. The van der Waals surface area contributed by atoms with Gasteiger partial charge in [-0.2, -0.15) is 0 Å². The zero-order valence-corrected chi connectivity index (χ0v) is 10.2. The van der Waals surface area contributed by atoms with E-state index in [2.05, 4.69) is 15.0 Å². The summed E-state index contributed by atoms with van der Waals surface area (Å²) in [7, 11) is -3.60. The summed E-state index contributed by atoms with van der Waals surface area (Å²) in [5.74, 6) is 0. The van der Waals surface area contributed by atoms with E-state index in [4.69, 9.17) is 5.73 Å². The number of hydrazine groups is 1. The Kier molecular flexibility index (Phi) is 3.38. The zero-order valence-electron chi connectivity index (χ0n) is 8.59. The Balaban J connectivity index is 2.07. The molecule has 2 heterocycles. The Labute approximate surface area is 97.7 Å². The maximum atomic E-state index is 11.8. The number of sulfonamides is 1. The van der Waals surface area contributed by atoms with Crippen molar-refractivity contribution in [2.24, 2.45) is 0 Å². The summed E-state index contributed by atoms with van der Waals surface area (Å²) in [6.45, 7) is 1.46. The maximum absolute atomic E-state index is 11.8. The minimum absolute atomic E-state index is 0.0874. The van der Waals surface area contributed by atoms with Crippen molar-refractivity contribution in [3.63, 3.8) is 0 Å². The van der Waals surface area contributed by atoms with Gasteiger partial charge < -0.3 is 5.73 Å². The van der Waals surface area contributed by atoms with Crippen LogP contribution >= 0.6 is 11.3 Å². The van der Waals surface area contributed by atoms with Crippen molar-refractivity contribution in [1.29, 1.82) is 0 Å². The number of nitrogens with zero attached hydrogens (tertiary/aromatic N) is 3. The molecule has 0 bridgehead atoms. The highest BCUT2D eigenvalue weighted by Gasteiger charge is 2.23. The van der Waals surface area contributed by atoms with Gasteiger partial charge in [-0.3, -0.25) is 0 Å². The Morgan fingerprint density at radius 2 is 1.94 bits per heavy atom. The topological polar surface area (TPSA) is 101 Å². The number of piperidine rings is 1. The minimum Gasteiger partial charge on any atom is -0.374 e. The summed E-state index contributed by atoms with van der Waals surface area (Å²) >= 11 is 0.862. The van der Waals surface area contributed by atoms with Gasteiger partial charge >= 0.3 is 0 Å². The quantitative estimate of drug-likeness (QED) is 0.783. The molecule has 1 saturated heterocycles. The van der Waals surface area contributed by atoms with Gasteiger partial charge in [-0.15, -0.1) is 15.0 Å². The number of anilines is 1. The van der Waals surface area contributed by atoms with Crippen LogP contribution in [0.1, 0.15) is 19.3 Å². The lowest BCUT2D eigenvalue weighted by molar-refractivity contribution is 0.200. The van der Waals surface area contributed by atoms with Crippen molar-refractivity contribution in [2.75, 3.05) is 18.8 Å². The summed E-state index contributed by atoms with van der Waals surface area (Å²) in [5, 5.41) is 8.85. The number of hydrogen-bond acceptors (Lipinski definition) is 7. The van der Waals surface area contributed by atoms with Crippen molar-refractivity contribution in [2.45, 2.75) is 23.6 Å². The predicted octanol–water partition coefficient (Wildman–Crippen LogP) is -0.201. The standard InChI is InChI=1S/C7H13N5O2S2/c8-6-9-10-7(15-6)16(13,14)11-12-4-2-1-3-5-12/h11H,1-5H2,(H2,8,9). The first-order valence-corrected chi connectivity index (χ1v) is 7.24. The molecule has 1 aliphatic rings. The highest BCUT2D eigenvalue weighted by Crippen LogP contribution is 2.17. The molecule has 0 atom stereocenters. The third-order valence-corrected chi connectivity index (χ3v) is 4.75. The van der Waals surface area contributed by atoms with E-state index in [9.17, 15) is 8.42 Å². The van der Waals surface area contributed by atoms with Crippen molar-refractivity contribution >= 4 is 26.5 Å². The SMILES string of the molecule is Nc1nnc(S(=O)(=O)NN2CCCCC2)s1. The fraction of sp³-hybridized carbons (Fsp3) is 0.714. The molecule has 0 amide bonds. The molecule has 3 N–H and O–H groups in total. The minimum atomic E-state index is -3.60. The average Bonchev–Trinajstić information content (AvgIpc) is 2.66. The molecular weight excluding hydrogens is 250 g/mol. The van der Waals surface area contributed by atoms with Gasteiger partial charge in [0.25, 0.3) is 14.4 Å². The van der Waals surface area contributed by atoms with E-state index in [1.54, 1.807) is 5.01 Å². The monoisotopic (exact) mass is 263 g/mol. The number of nitrogen functional groups attached to an aromatic ring is 1. The molecule has 0 unspecified atom stereocenters. The fourth-order valence-electron chi connectivity index (χ4n) is 1.52. The molecule has 0 aliphatic carbocycles. The van der Waals surface area contributed by atoms with E-state index in [0.29, 0.717) is 0 Å². The molecule has 1 fully saturated rings. The van der Waals surface area contributed by atoms with Crippen molar-refractivity contribution < 1.29 is 8.42 Å². The van der Waals surface area contributed by atoms with E-state index in [1.807, 2.05) is 0 Å². The van der Waals surface area contributed by atoms with Crippen LogP contribution in [0, 0.1) is 0 Å². The van der Waals surface area contributed by atoms with Crippen molar-refractivity contribution in [3.8, 4) is 0 Å². The second-order valence-corrected chi connectivity index (χ2v) is 6.39. The number of nitrogens with one attached hydrogen (secondary N) is 1. The third kappa shape index (κ3) is 2.67. The van der Waals surface area contributed by atoms with Crippen LogP contribution in [-0.2, 0) is 10.0 Å². The van der Waals surface area contributed by atoms with Gasteiger partial charge in [0.05, 0.1) is 0 Å². The van der Waals surface area contributed by atoms with E-state index >= 15 is 0 Å². The van der Waals surface area contributed by atoms with Crippen LogP contribution in [0.25, 0.3) is 0 Å². The highest BCUT2D eigenvalue weighted by atomic mass is 32.2. The van der Waals surface area contributed by atoms with Gasteiger partial charge in [0.1, 0.15) is 0 Å². The average molecular weight is 263 g/mol. The van der Waals surface area contributed by atoms with Crippen LogP contribution in [0.15, 0.2) is 4.34 Å². The Hall–Kier alpha value is -0.770. The highest BCUT2D eigenvalue weighted by molar-refractivity contribution is 7.91. The lowest BCUT2D eigenvalue weighted by atomic mass is 10.2. The van der Waals surface area contributed by atoms with Gasteiger partial charge in [0, 0.05) is 13.1 Å². The lowest BCUT2D eigenvalue weighted by Gasteiger charge is -2.25. The molecule has 2 rings (SSSR count). The normalized spacial score (nSPS) is 18.8. The first kappa shape index (κ1) is 11.7. The van der Waals surface area contributed by atoms with E-state index in [-0.39, 0.29) is 9.47 Å². The maximum Gasteiger partial charge on any atom is 0.282 e. The van der Waals surface area contributed by atoms with Crippen LogP contribution in [-0.4, -0.2) is 36.7 Å². The summed E-state index contributed by atoms with van der Waals surface area (Å²) < 4.78 is 23.5. The van der Waals surface area contributed by atoms with E-state index in [1.165, 1.54) is 0 Å². The number of hydrogen-bond donors (Lipinski definition) is 2.